The van der Waals surface area contributed by atoms with Crippen molar-refractivity contribution in [3.63, 3.8) is 0 Å². The molecule has 0 spiro atoms. The monoisotopic (exact) mass is 673 g/mol. The van der Waals surface area contributed by atoms with Gasteiger partial charge in [-0.3, -0.25) is 0 Å². The highest BCUT2D eigenvalue weighted by molar-refractivity contribution is 6.31. The molecule has 0 saturated carbocycles. The average Bonchev–Trinajstić information content (AvgIpc) is 3.41. The molecule has 1 aliphatic carbocycles. The van der Waals surface area contributed by atoms with Crippen LogP contribution in [0.1, 0.15) is 25.0 Å². The minimum atomic E-state index is -0.143. The van der Waals surface area contributed by atoms with Gasteiger partial charge in [0.15, 0.2) is 0 Å². The molecule has 0 amide bonds. The summed E-state index contributed by atoms with van der Waals surface area (Å²) >= 11 is 7.01. The SMILES string of the molecule is CC1(C)c2cc(-c3cc(Cl)cc(N(c4ccc(-c5ccccc5)cc4)c4ccc(-c5ccccc5)cc4)c3)ccc2-c2ccc3ccccc3c21. The highest BCUT2D eigenvalue weighted by atomic mass is 35.5. The van der Waals surface area contributed by atoms with Crippen molar-refractivity contribution in [3.8, 4) is 44.5 Å². The maximum absolute atomic E-state index is 7.01. The van der Waals surface area contributed by atoms with Crippen LogP contribution in [0.15, 0.2) is 182 Å². The lowest BCUT2D eigenvalue weighted by molar-refractivity contribution is 0.666. The second kappa shape index (κ2) is 12.5. The second-order valence-electron chi connectivity index (χ2n) is 14.0. The number of halogens is 1. The molecule has 0 unspecified atom stereocenters. The highest BCUT2D eigenvalue weighted by Crippen LogP contribution is 2.52. The average molecular weight is 674 g/mol. The Morgan fingerprint density at radius 1 is 0.412 bits per heavy atom. The molecule has 0 fully saturated rings. The Morgan fingerprint density at radius 2 is 0.941 bits per heavy atom. The van der Waals surface area contributed by atoms with Gasteiger partial charge in [0.25, 0.3) is 0 Å². The van der Waals surface area contributed by atoms with Crippen LogP contribution in [0.25, 0.3) is 55.3 Å². The van der Waals surface area contributed by atoms with Gasteiger partial charge in [0, 0.05) is 27.5 Å². The molecule has 51 heavy (non-hydrogen) atoms. The van der Waals surface area contributed by atoms with Crippen molar-refractivity contribution < 1.29 is 0 Å². The van der Waals surface area contributed by atoms with Crippen molar-refractivity contribution in [2.75, 3.05) is 4.90 Å². The zero-order valence-corrected chi connectivity index (χ0v) is 29.4. The summed E-state index contributed by atoms with van der Waals surface area (Å²) in [6.07, 6.45) is 0. The van der Waals surface area contributed by atoms with Crippen molar-refractivity contribution >= 4 is 39.4 Å². The lowest BCUT2D eigenvalue weighted by Crippen LogP contribution is -2.15. The molecular weight excluding hydrogens is 638 g/mol. The van der Waals surface area contributed by atoms with E-state index in [9.17, 15) is 0 Å². The van der Waals surface area contributed by atoms with E-state index < -0.39 is 0 Å². The van der Waals surface area contributed by atoms with Gasteiger partial charge in [-0.2, -0.15) is 0 Å². The van der Waals surface area contributed by atoms with Crippen molar-refractivity contribution in [2.45, 2.75) is 19.3 Å². The molecule has 0 saturated heterocycles. The molecule has 0 radical (unpaired) electrons. The lowest BCUT2D eigenvalue weighted by Gasteiger charge is -2.27. The number of anilines is 3. The first-order valence-electron chi connectivity index (χ1n) is 17.5. The van der Waals surface area contributed by atoms with Crippen molar-refractivity contribution in [1.82, 2.24) is 0 Å². The third kappa shape index (κ3) is 5.51. The van der Waals surface area contributed by atoms with E-state index in [1.807, 2.05) is 0 Å². The fraction of sp³-hybridized carbons (Fsp3) is 0.0612. The molecule has 0 N–H and O–H groups in total. The zero-order chi connectivity index (χ0) is 34.5. The van der Waals surface area contributed by atoms with E-state index in [0.717, 1.165) is 28.2 Å². The number of benzene rings is 8. The molecule has 8 aromatic carbocycles. The Bertz CT molecular complexity index is 2450. The summed E-state index contributed by atoms with van der Waals surface area (Å²) in [7, 11) is 0. The van der Waals surface area contributed by atoms with Crippen LogP contribution in [-0.4, -0.2) is 0 Å². The molecule has 0 aromatic heterocycles. The van der Waals surface area contributed by atoms with E-state index in [1.54, 1.807) is 0 Å². The quantitative estimate of drug-likeness (QED) is 0.170. The summed E-state index contributed by atoms with van der Waals surface area (Å²) in [4.78, 5) is 2.30. The minimum absolute atomic E-state index is 0.143. The van der Waals surface area contributed by atoms with Crippen LogP contribution in [0.3, 0.4) is 0 Å². The summed E-state index contributed by atoms with van der Waals surface area (Å²) < 4.78 is 0. The maximum Gasteiger partial charge on any atom is 0.0482 e. The van der Waals surface area contributed by atoms with Crippen molar-refractivity contribution in [2.24, 2.45) is 0 Å². The van der Waals surface area contributed by atoms with Crippen LogP contribution in [-0.2, 0) is 5.41 Å². The first-order chi connectivity index (χ1) is 24.9. The summed E-state index contributed by atoms with van der Waals surface area (Å²) in [6.45, 7) is 4.72. The summed E-state index contributed by atoms with van der Waals surface area (Å²) in [5.41, 5.74) is 15.4. The van der Waals surface area contributed by atoms with Gasteiger partial charge in [-0.15, -0.1) is 0 Å². The molecule has 0 atom stereocenters. The molecule has 9 rings (SSSR count). The summed E-state index contributed by atoms with van der Waals surface area (Å²) in [5, 5.41) is 3.31. The molecule has 0 heterocycles. The van der Waals surface area contributed by atoms with Gasteiger partial charge in [0.05, 0.1) is 0 Å². The lowest BCUT2D eigenvalue weighted by atomic mass is 9.79. The van der Waals surface area contributed by atoms with E-state index in [0.29, 0.717) is 5.02 Å². The van der Waals surface area contributed by atoms with Crippen LogP contribution in [0, 0.1) is 0 Å². The van der Waals surface area contributed by atoms with Gasteiger partial charge < -0.3 is 4.90 Å². The smallest absolute Gasteiger partial charge is 0.0482 e. The Hall–Kier alpha value is -5.89. The van der Waals surface area contributed by atoms with Crippen molar-refractivity contribution in [1.29, 1.82) is 0 Å². The van der Waals surface area contributed by atoms with E-state index in [4.69, 9.17) is 11.6 Å². The van der Waals surface area contributed by atoms with E-state index in [2.05, 4.69) is 201 Å². The number of hydrogen-bond donors (Lipinski definition) is 0. The Morgan fingerprint density at radius 3 is 1.57 bits per heavy atom. The van der Waals surface area contributed by atoms with Gasteiger partial charge >= 0.3 is 0 Å². The summed E-state index contributed by atoms with van der Waals surface area (Å²) in [5.74, 6) is 0. The molecule has 8 aromatic rings. The molecule has 1 nitrogen and oxygen atoms in total. The zero-order valence-electron chi connectivity index (χ0n) is 28.6. The Kier molecular flexibility index (Phi) is 7.60. The van der Waals surface area contributed by atoms with Crippen LogP contribution in [0.4, 0.5) is 17.1 Å². The van der Waals surface area contributed by atoms with Gasteiger partial charge in [0.2, 0.25) is 0 Å². The molecule has 1 aliphatic rings. The van der Waals surface area contributed by atoms with Crippen LogP contribution >= 0.6 is 11.6 Å². The second-order valence-corrected chi connectivity index (χ2v) is 14.4. The Balaban J connectivity index is 1.15. The predicted molar refractivity (Wildman–Crippen MR) is 218 cm³/mol. The minimum Gasteiger partial charge on any atom is -0.310 e. The predicted octanol–water partition coefficient (Wildman–Crippen LogP) is 14.3. The van der Waals surface area contributed by atoms with Gasteiger partial charge in [-0.25, -0.2) is 0 Å². The summed E-state index contributed by atoms with van der Waals surface area (Å²) in [6, 6.07) is 65.3. The number of nitrogens with zero attached hydrogens (tertiary/aromatic N) is 1. The molecule has 2 heteroatoms. The topological polar surface area (TPSA) is 3.24 Å². The van der Waals surface area contributed by atoms with Crippen LogP contribution in [0.2, 0.25) is 5.02 Å². The fourth-order valence-electron chi connectivity index (χ4n) is 7.96. The first-order valence-corrected chi connectivity index (χ1v) is 17.9. The third-order valence-corrected chi connectivity index (χ3v) is 10.7. The maximum atomic E-state index is 7.01. The molecule has 244 valence electrons. The normalized spacial score (nSPS) is 12.8. The van der Waals surface area contributed by atoms with Gasteiger partial charge in [-0.05, 0) is 115 Å². The third-order valence-electron chi connectivity index (χ3n) is 10.5. The van der Waals surface area contributed by atoms with E-state index >= 15 is 0 Å². The van der Waals surface area contributed by atoms with Crippen molar-refractivity contribution in [3.05, 3.63) is 198 Å². The van der Waals surface area contributed by atoms with E-state index in [1.165, 1.54) is 55.3 Å². The Labute approximate surface area is 305 Å². The molecular formula is C49H36ClN. The number of hydrogen-bond acceptors (Lipinski definition) is 1. The number of fused-ring (bicyclic) bond motifs is 5. The molecule has 0 aliphatic heterocycles. The van der Waals surface area contributed by atoms with Crippen LogP contribution < -0.4 is 4.90 Å². The van der Waals surface area contributed by atoms with Crippen LogP contribution in [0.5, 0.6) is 0 Å². The standard InChI is InChI=1S/C49H36ClN/c1-49(2)47-31-38(22-27-45(47)46-28-21-37-15-9-10-16-44(37)48(46)49)39-29-40(50)32-43(30-39)51(41-23-17-35(18-24-41)33-11-5-3-6-12-33)42-25-19-36(20-26-42)34-13-7-4-8-14-34/h3-32H,1-2H3. The highest BCUT2D eigenvalue weighted by Gasteiger charge is 2.37. The number of rotatable bonds is 6. The first kappa shape index (κ1) is 31.1. The van der Waals surface area contributed by atoms with E-state index in [-0.39, 0.29) is 5.41 Å². The van der Waals surface area contributed by atoms with Gasteiger partial charge in [0.1, 0.15) is 0 Å². The van der Waals surface area contributed by atoms with Gasteiger partial charge in [-0.1, -0.05) is 159 Å². The fourth-order valence-corrected chi connectivity index (χ4v) is 8.19. The molecule has 0 bridgehead atoms. The largest absolute Gasteiger partial charge is 0.310 e.